The number of fused-ring (bicyclic) bond motifs is 1. The van der Waals surface area contributed by atoms with Crippen molar-refractivity contribution in [2.75, 3.05) is 13.1 Å². The topological polar surface area (TPSA) is 72.4 Å². The number of carbonyl (C=O) groups excluding carboxylic acids is 1. The van der Waals surface area contributed by atoms with Crippen LogP contribution in [0.15, 0.2) is 52.9 Å². The van der Waals surface area contributed by atoms with Gasteiger partial charge in [0.2, 0.25) is 5.91 Å². The van der Waals surface area contributed by atoms with Gasteiger partial charge in [0.15, 0.2) is 11.5 Å². The Hall–Kier alpha value is -2.44. The lowest BCUT2D eigenvalue weighted by Gasteiger charge is -2.16. The smallest absolute Gasteiger partial charge is 0.223 e. The minimum absolute atomic E-state index is 0. The van der Waals surface area contributed by atoms with Crippen LogP contribution in [0.3, 0.4) is 0 Å². The normalized spacial score (nSPS) is 19.3. The molecule has 0 bridgehead atoms. The SMILES string of the molecule is Cl.N[C@@H]1CN(C(=O)CCc2nc3ccccc3o2)C[C@H]1c1ccccc1F. The molecule has 0 spiro atoms. The summed E-state index contributed by atoms with van der Waals surface area (Å²) in [6.45, 7) is 0.875. The summed E-state index contributed by atoms with van der Waals surface area (Å²) in [5, 5.41) is 0. The summed E-state index contributed by atoms with van der Waals surface area (Å²) in [6.07, 6.45) is 0.729. The molecular weight excluding hydrogens is 369 g/mol. The second-order valence-electron chi connectivity index (χ2n) is 6.67. The highest BCUT2D eigenvalue weighted by atomic mass is 35.5. The first-order chi connectivity index (χ1) is 12.6. The lowest BCUT2D eigenvalue weighted by molar-refractivity contribution is -0.130. The molecule has 0 saturated carbocycles. The standard InChI is InChI=1S/C20H20FN3O2.ClH/c21-15-6-2-1-5-13(15)14-11-24(12-16(14)22)20(25)10-9-19-23-17-7-3-4-8-18(17)26-19;/h1-8,14,16H,9-12,22H2;1H/t14-,16+;/m0./s1. The van der Waals surface area contributed by atoms with E-state index in [9.17, 15) is 9.18 Å². The molecule has 142 valence electrons. The molecule has 1 amide bonds. The highest BCUT2D eigenvalue weighted by Crippen LogP contribution is 2.29. The maximum atomic E-state index is 14.0. The number of hydrogen-bond donors (Lipinski definition) is 1. The summed E-state index contributed by atoms with van der Waals surface area (Å²) >= 11 is 0. The number of nitrogens with two attached hydrogens (primary N) is 1. The fraction of sp³-hybridized carbons (Fsp3) is 0.300. The van der Waals surface area contributed by atoms with Gasteiger partial charge in [-0.15, -0.1) is 12.4 Å². The van der Waals surface area contributed by atoms with Gasteiger partial charge in [-0.25, -0.2) is 9.37 Å². The van der Waals surface area contributed by atoms with E-state index in [0.717, 1.165) is 11.1 Å². The van der Waals surface area contributed by atoms with Gasteiger partial charge in [-0.05, 0) is 23.8 Å². The molecule has 0 unspecified atom stereocenters. The molecule has 0 radical (unpaired) electrons. The number of benzene rings is 2. The maximum absolute atomic E-state index is 14.0. The number of aryl methyl sites for hydroxylation is 1. The van der Waals surface area contributed by atoms with Gasteiger partial charge in [-0.1, -0.05) is 30.3 Å². The number of rotatable bonds is 4. The van der Waals surface area contributed by atoms with Gasteiger partial charge in [0.25, 0.3) is 0 Å². The van der Waals surface area contributed by atoms with Gasteiger partial charge in [0.1, 0.15) is 11.3 Å². The maximum Gasteiger partial charge on any atom is 0.223 e. The number of likely N-dealkylation sites (tertiary alicyclic amines) is 1. The van der Waals surface area contributed by atoms with E-state index in [1.54, 1.807) is 23.1 Å². The highest BCUT2D eigenvalue weighted by Gasteiger charge is 2.35. The lowest BCUT2D eigenvalue weighted by Crippen LogP contribution is -2.32. The molecule has 2 aromatic carbocycles. The zero-order chi connectivity index (χ0) is 18.1. The molecule has 1 aliphatic rings. The Morgan fingerprint density at radius 1 is 1.19 bits per heavy atom. The molecule has 2 atom stereocenters. The number of amides is 1. The van der Waals surface area contributed by atoms with Gasteiger partial charge in [0, 0.05) is 37.9 Å². The van der Waals surface area contributed by atoms with Crippen LogP contribution in [0.25, 0.3) is 11.1 Å². The molecule has 1 saturated heterocycles. The van der Waals surface area contributed by atoms with Crippen molar-refractivity contribution in [3.8, 4) is 0 Å². The Balaban J connectivity index is 0.00000210. The van der Waals surface area contributed by atoms with E-state index in [2.05, 4.69) is 4.98 Å². The summed E-state index contributed by atoms with van der Waals surface area (Å²) in [6, 6.07) is 13.9. The molecule has 1 aromatic heterocycles. The number of halogens is 2. The van der Waals surface area contributed by atoms with Crippen molar-refractivity contribution in [2.24, 2.45) is 5.73 Å². The third kappa shape index (κ3) is 3.96. The van der Waals surface area contributed by atoms with E-state index in [1.807, 2.05) is 24.3 Å². The second-order valence-corrected chi connectivity index (χ2v) is 6.67. The predicted octanol–water partition coefficient (Wildman–Crippen LogP) is 3.27. The summed E-state index contributed by atoms with van der Waals surface area (Å²) in [5.41, 5.74) is 8.26. The Bertz CT molecular complexity index is 913. The molecule has 2 N–H and O–H groups in total. The van der Waals surface area contributed by atoms with Crippen LogP contribution in [0, 0.1) is 5.82 Å². The fourth-order valence-corrected chi connectivity index (χ4v) is 3.54. The van der Waals surface area contributed by atoms with Crippen molar-refractivity contribution >= 4 is 29.4 Å². The van der Waals surface area contributed by atoms with Crippen molar-refractivity contribution in [3.05, 3.63) is 65.8 Å². The van der Waals surface area contributed by atoms with Gasteiger partial charge in [-0.3, -0.25) is 4.79 Å². The van der Waals surface area contributed by atoms with Crippen molar-refractivity contribution < 1.29 is 13.6 Å². The van der Waals surface area contributed by atoms with Gasteiger partial charge in [0.05, 0.1) is 0 Å². The van der Waals surface area contributed by atoms with Gasteiger partial charge < -0.3 is 15.1 Å². The number of aromatic nitrogens is 1. The Morgan fingerprint density at radius 2 is 1.93 bits per heavy atom. The zero-order valence-corrected chi connectivity index (χ0v) is 15.5. The lowest BCUT2D eigenvalue weighted by atomic mass is 9.94. The van der Waals surface area contributed by atoms with Crippen LogP contribution in [-0.2, 0) is 11.2 Å². The minimum Gasteiger partial charge on any atom is -0.441 e. The molecule has 1 fully saturated rings. The summed E-state index contributed by atoms with van der Waals surface area (Å²) in [4.78, 5) is 18.6. The number of nitrogens with zero attached hydrogens (tertiary/aromatic N) is 2. The zero-order valence-electron chi connectivity index (χ0n) is 14.7. The second kappa shape index (κ2) is 8.06. The van der Waals surface area contributed by atoms with Crippen LogP contribution in [0.4, 0.5) is 4.39 Å². The van der Waals surface area contributed by atoms with E-state index in [4.69, 9.17) is 10.2 Å². The third-order valence-corrected chi connectivity index (χ3v) is 4.91. The largest absolute Gasteiger partial charge is 0.441 e. The first-order valence-corrected chi connectivity index (χ1v) is 8.74. The van der Waals surface area contributed by atoms with E-state index in [1.165, 1.54) is 6.07 Å². The van der Waals surface area contributed by atoms with Crippen LogP contribution < -0.4 is 5.73 Å². The number of hydrogen-bond acceptors (Lipinski definition) is 4. The first-order valence-electron chi connectivity index (χ1n) is 8.74. The average Bonchev–Trinajstić information content (AvgIpc) is 3.23. The average molecular weight is 390 g/mol. The van der Waals surface area contributed by atoms with E-state index < -0.39 is 0 Å². The Kier molecular flexibility index (Phi) is 5.77. The van der Waals surface area contributed by atoms with Crippen molar-refractivity contribution in [1.82, 2.24) is 9.88 Å². The minimum atomic E-state index is -0.270. The van der Waals surface area contributed by atoms with Crippen LogP contribution in [0.2, 0.25) is 0 Å². The molecule has 0 aliphatic carbocycles. The molecule has 3 aromatic rings. The highest BCUT2D eigenvalue weighted by molar-refractivity contribution is 5.85. The molecule has 2 heterocycles. The molecule has 4 rings (SSSR count). The summed E-state index contributed by atoms with van der Waals surface area (Å²) in [5.74, 6) is 0.0912. The summed E-state index contributed by atoms with van der Waals surface area (Å²) < 4.78 is 19.7. The molecule has 7 heteroatoms. The van der Waals surface area contributed by atoms with Crippen LogP contribution in [-0.4, -0.2) is 34.9 Å². The van der Waals surface area contributed by atoms with E-state index in [0.29, 0.717) is 37.4 Å². The van der Waals surface area contributed by atoms with Crippen LogP contribution >= 0.6 is 12.4 Å². The van der Waals surface area contributed by atoms with Gasteiger partial charge >= 0.3 is 0 Å². The molecule has 1 aliphatic heterocycles. The van der Waals surface area contributed by atoms with E-state index in [-0.39, 0.29) is 36.1 Å². The molecule has 5 nitrogen and oxygen atoms in total. The number of carbonyl (C=O) groups is 1. The van der Waals surface area contributed by atoms with Crippen LogP contribution in [0.1, 0.15) is 23.8 Å². The molecular formula is C20H21ClFN3O2. The Morgan fingerprint density at radius 3 is 2.70 bits per heavy atom. The van der Waals surface area contributed by atoms with Crippen molar-refractivity contribution in [3.63, 3.8) is 0 Å². The number of para-hydroxylation sites is 2. The summed E-state index contributed by atoms with van der Waals surface area (Å²) in [7, 11) is 0. The van der Waals surface area contributed by atoms with Crippen molar-refractivity contribution in [1.29, 1.82) is 0 Å². The van der Waals surface area contributed by atoms with Crippen LogP contribution in [0.5, 0.6) is 0 Å². The third-order valence-electron chi connectivity index (χ3n) is 4.91. The molecule has 27 heavy (non-hydrogen) atoms. The predicted molar refractivity (Wildman–Crippen MR) is 103 cm³/mol. The monoisotopic (exact) mass is 389 g/mol. The van der Waals surface area contributed by atoms with Gasteiger partial charge in [-0.2, -0.15) is 0 Å². The first kappa shape index (κ1) is 19.3. The quantitative estimate of drug-likeness (QED) is 0.743. The van der Waals surface area contributed by atoms with Crippen molar-refractivity contribution in [2.45, 2.75) is 24.8 Å². The number of oxazole rings is 1. The Labute approximate surface area is 162 Å². The van der Waals surface area contributed by atoms with E-state index >= 15 is 0 Å². The fourth-order valence-electron chi connectivity index (χ4n) is 3.54.